The molecule has 128 valence electrons. The number of aryl methyl sites for hydroxylation is 1. The molecule has 4 rings (SSSR count). The number of imidazole rings is 1. The Kier molecular flexibility index (Phi) is 4.09. The summed E-state index contributed by atoms with van der Waals surface area (Å²) in [5.74, 6) is 0.101. The number of benzene rings is 1. The Morgan fingerprint density at radius 2 is 2.12 bits per heavy atom. The molecule has 0 aliphatic carbocycles. The monoisotopic (exact) mass is 335 g/mol. The zero-order valence-electron chi connectivity index (χ0n) is 14.2. The molecule has 6 nitrogen and oxygen atoms in total. The summed E-state index contributed by atoms with van der Waals surface area (Å²) in [6.45, 7) is 3.60. The van der Waals surface area contributed by atoms with Crippen LogP contribution in [0, 0.1) is 6.92 Å². The van der Waals surface area contributed by atoms with Crippen LogP contribution in [-0.2, 0) is 6.54 Å². The van der Waals surface area contributed by atoms with Gasteiger partial charge in [-0.15, -0.1) is 0 Å². The fraction of sp³-hybridized carbons (Fsp3) is 0.316. The van der Waals surface area contributed by atoms with E-state index in [-0.39, 0.29) is 11.9 Å². The van der Waals surface area contributed by atoms with E-state index in [1.165, 1.54) is 0 Å². The summed E-state index contributed by atoms with van der Waals surface area (Å²) in [6.07, 6.45) is 11.3. The van der Waals surface area contributed by atoms with Crippen molar-refractivity contribution in [3.8, 4) is 5.69 Å². The van der Waals surface area contributed by atoms with Crippen molar-refractivity contribution >= 4 is 5.91 Å². The first-order valence-electron chi connectivity index (χ1n) is 8.59. The van der Waals surface area contributed by atoms with E-state index >= 15 is 0 Å². The topological polar surface area (TPSA) is 56.0 Å². The van der Waals surface area contributed by atoms with Crippen molar-refractivity contribution in [1.29, 1.82) is 0 Å². The minimum absolute atomic E-state index is 0.101. The summed E-state index contributed by atoms with van der Waals surface area (Å²) in [6, 6.07) is 7.91. The Morgan fingerprint density at radius 3 is 2.80 bits per heavy atom. The maximum absolute atomic E-state index is 12.9. The van der Waals surface area contributed by atoms with Gasteiger partial charge in [0.15, 0.2) is 0 Å². The van der Waals surface area contributed by atoms with Gasteiger partial charge in [0.25, 0.3) is 5.91 Å². The van der Waals surface area contributed by atoms with Gasteiger partial charge in [-0.05, 0) is 49.6 Å². The van der Waals surface area contributed by atoms with Crippen molar-refractivity contribution in [2.24, 2.45) is 0 Å². The number of amides is 1. The quantitative estimate of drug-likeness (QED) is 0.736. The van der Waals surface area contributed by atoms with E-state index in [0.29, 0.717) is 0 Å². The van der Waals surface area contributed by atoms with Gasteiger partial charge >= 0.3 is 0 Å². The lowest BCUT2D eigenvalue weighted by molar-refractivity contribution is 0.0721. The van der Waals surface area contributed by atoms with E-state index in [4.69, 9.17) is 0 Å². The number of aromatic nitrogens is 4. The molecule has 1 fully saturated rings. The SMILES string of the molecule is Cc1cnn(C[C@H]2CCCN2C(=O)c2ccc(-n3ccnc3)cc2)c1. The molecule has 1 aliphatic heterocycles. The molecule has 3 aromatic rings. The highest BCUT2D eigenvalue weighted by molar-refractivity contribution is 5.94. The summed E-state index contributed by atoms with van der Waals surface area (Å²) < 4.78 is 3.86. The number of hydrogen-bond acceptors (Lipinski definition) is 3. The van der Waals surface area contributed by atoms with Crippen molar-refractivity contribution in [3.63, 3.8) is 0 Å². The lowest BCUT2D eigenvalue weighted by Gasteiger charge is -2.25. The molecule has 6 heteroatoms. The van der Waals surface area contributed by atoms with Crippen LogP contribution in [0.3, 0.4) is 0 Å². The maximum Gasteiger partial charge on any atom is 0.254 e. The third kappa shape index (κ3) is 3.20. The second-order valence-corrected chi connectivity index (χ2v) is 6.55. The molecule has 0 radical (unpaired) electrons. The van der Waals surface area contributed by atoms with Crippen LogP contribution in [0.1, 0.15) is 28.8 Å². The predicted molar refractivity (Wildman–Crippen MR) is 94.6 cm³/mol. The zero-order chi connectivity index (χ0) is 17.2. The smallest absolute Gasteiger partial charge is 0.254 e. The summed E-state index contributed by atoms with van der Waals surface area (Å²) in [4.78, 5) is 19.0. The molecule has 1 aromatic carbocycles. The molecule has 0 bridgehead atoms. The van der Waals surface area contributed by atoms with Crippen molar-refractivity contribution < 1.29 is 4.79 Å². The Labute approximate surface area is 146 Å². The maximum atomic E-state index is 12.9. The van der Waals surface area contributed by atoms with Gasteiger partial charge in [0.05, 0.1) is 25.1 Å². The normalized spacial score (nSPS) is 17.2. The van der Waals surface area contributed by atoms with Gasteiger partial charge in [-0.1, -0.05) is 0 Å². The Morgan fingerprint density at radius 1 is 1.28 bits per heavy atom. The second-order valence-electron chi connectivity index (χ2n) is 6.55. The number of hydrogen-bond donors (Lipinski definition) is 0. The average molecular weight is 335 g/mol. The van der Waals surface area contributed by atoms with Gasteiger partial charge in [0, 0.05) is 36.4 Å². The Balaban J connectivity index is 1.49. The van der Waals surface area contributed by atoms with Crippen LogP contribution in [0.25, 0.3) is 5.69 Å². The van der Waals surface area contributed by atoms with Gasteiger partial charge in [0.1, 0.15) is 0 Å². The molecule has 0 N–H and O–H groups in total. The van der Waals surface area contributed by atoms with E-state index in [9.17, 15) is 4.79 Å². The Hall–Kier alpha value is -2.89. The minimum Gasteiger partial charge on any atom is -0.334 e. The van der Waals surface area contributed by atoms with Crippen LogP contribution in [0.5, 0.6) is 0 Å². The van der Waals surface area contributed by atoms with Crippen molar-refractivity contribution in [2.45, 2.75) is 32.4 Å². The summed E-state index contributed by atoms with van der Waals surface area (Å²) in [5.41, 5.74) is 2.87. The molecule has 3 heterocycles. The molecule has 1 aliphatic rings. The molecule has 1 amide bonds. The van der Waals surface area contributed by atoms with Gasteiger partial charge in [-0.3, -0.25) is 9.48 Å². The van der Waals surface area contributed by atoms with Gasteiger partial charge in [0.2, 0.25) is 0 Å². The van der Waals surface area contributed by atoms with Crippen LogP contribution in [0.15, 0.2) is 55.4 Å². The molecule has 2 aromatic heterocycles. The molecule has 25 heavy (non-hydrogen) atoms. The number of carbonyl (C=O) groups excluding carboxylic acids is 1. The molecule has 0 spiro atoms. The number of rotatable bonds is 4. The summed E-state index contributed by atoms with van der Waals surface area (Å²) in [5, 5.41) is 4.36. The molecule has 1 atom stereocenters. The van der Waals surface area contributed by atoms with E-state index in [2.05, 4.69) is 10.1 Å². The molecule has 1 saturated heterocycles. The van der Waals surface area contributed by atoms with Crippen LogP contribution < -0.4 is 0 Å². The number of nitrogens with zero attached hydrogens (tertiary/aromatic N) is 5. The number of likely N-dealkylation sites (tertiary alicyclic amines) is 1. The fourth-order valence-corrected chi connectivity index (χ4v) is 3.43. The van der Waals surface area contributed by atoms with Gasteiger partial charge in [-0.25, -0.2) is 4.98 Å². The highest BCUT2D eigenvalue weighted by Crippen LogP contribution is 2.22. The molecule has 0 saturated carbocycles. The molecular weight excluding hydrogens is 314 g/mol. The van der Waals surface area contributed by atoms with Gasteiger partial charge in [-0.2, -0.15) is 5.10 Å². The molecule has 0 unspecified atom stereocenters. The predicted octanol–water partition coefficient (Wildman–Crippen LogP) is 2.68. The van der Waals surface area contributed by atoms with Crippen LogP contribution in [0.2, 0.25) is 0 Å². The first-order valence-corrected chi connectivity index (χ1v) is 8.59. The van der Waals surface area contributed by atoms with Crippen molar-refractivity contribution in [1.82, 2.24) is 24.2 Å². The van der Waals surface area contributed by atoms with E-state index in [0.717, 1.165) is 42.7 Å². The summed E-state index contributed by atoms with van der Waals surface area (Å²) >= 11 is 0. The van der Waals surface area contributed by atoms with Crippen molar-refractivity contribution in [2.75, 3.05) is 6.54 Å². The van der Waals surface area contributed by atoms with Crippen LogP contribution in [-0.4, -0.2) is 42.7 Å². The third-order valence-corrected chi connectivity index (χ3v) is 4.71. The van der Waals surface area contributed by atoms with E-state index < -0.39 is 0 Å². The Bertz CT molecular complexity index is 850. The molecular formula is C19H21N5O. The van der Waals surface area contributed by atoms with Crippen LogP contribution in [0.4, 0.5) is 0 Å². The fourth-order valence-electron chi connectivity index (χ4n) is 3.43. The first kappa shape index (κ1) is 15.6. The van der Waals surface area contributed by atoms with Crippen molar-refractivity contribution in [3.05, 3.63) is 66.5 Å². The highest BCUT2D eigenvalue weighted by atomic mass is 16.2. The van der Waals surface area contributed by atoms with Crippen LogP contribution >= 0.6 is 0 Å². The lowest BCUT2D eigenvalue weighted by Crippen LogP contribution is -2.38. The minimum atomic E-state index is 0.101. The second kappa shape index (κ2) is 6.55. The average Bonchev–Trinajstić information content (AvgIpc) is 3.37. The summed E-state index contributed by atoms with van der Waals surface area (Å²) in [7, 11) is 0. The van der Waals surface area contributed by atoms with E-state index in [1.54, 1.807) is 12.5 Å². The largest absolute Gasteiger partial charge is 0.334 e. The third-order valence-electron chi connectivity index (χ3n) is 4.71. The lowest BCUT2D eigenvalue weighted by atomic mass is 10.1. The number of carbonyl (C=O) groups is 1. The standard InChI is InChI=1S/C19H21N5O/c1-15-11-21-23(12-15)13-18-3-2-9-24(18)19(25)16-4-6-17(7-5-16)22-10-8-20-14-22/h4-8,10-12,14,18H,2-3,9,13H2,1H3/t18-/m1/s1. The highest BCUT2D eigenvalue weighted by Gasteiger charge is 2.29. The van der Waals surface area contributed by atoms with E-state index in [1.807, 2.05) is 63.9 Å². The van der Waals surface area contributed by atoms with Gasteiger partial charge < -0.3 is 9.47 Å². The zero-order valence-corrected chi connectivity index (χ0v) is 14.2. The first-order chi connectivity index (χ1) is 12.2.